The van der Waals surface area contributed by atoms with E-state index in [1.165, 1.54) is 6.42 Å². The molecule has 2 aromatic rings. The van der Waals surface area contributed by atoms with Crippen molar-refractivity contribution in [2.45, 2.75) is 116 Å². The molecule has 0 heterocycles. The van der Waals surface area contributed by atoms with E-state index < -0.39 is 23.8 Å². The number of hydrogen-bond acceptors (Lipinski definition) is 5. The van der Waals surface area contributed by atoms with Crippen molar-refractivity contribution in [1.29, 1.82) is 0 Å². The van der Waals surface area contributed by atoms with Crippen LogP contribution in [0.2, 0.25) is 0 Å². The zero-order valence-electron chi connectivity index (χ0n) is 25.4. The molecule has 2 aromatic carbocycles. The van der Waals surface area contributed by atoms with E-state index in [1.807, 2.05) is 45.0 Å². The second kappa shape index (κ2) is 14.4. The summed E-state index contributed by atoms with van der Waals surface area (Å²) in [5, 5.41) is 15.8. The molecule has 0 bridgehead atoms. The van der Waals surface area contributed by atoms with Gasteiger partial charge in [-0.25, -0.2) is 4.79 Å². The number of ether oxygens (including phenoxy) is 1. The fourth-order valence-corrected chi connectivity index (χ4v) is 5.30. The number of carbonyl (C=O) groups is 3. The highest BCUT2D eigenvalue weighted by molar-refractivity contribution is 5.92. The normalized spacial score (nSPS) is 16.2. The Balaban J connectivity index is 2.03. The van der Waals surface area contributed by atoms with Crippen LogP contribution in [0.15, 0.2) is 48.5 Å². The second-order valence-electron chi connectivity index (χ2n) is 12.2. The van der Waals surface area contributed by atoms with Crippen LogP contribution < -0.4 is 10.6 Å². The predicted octanol–water partition coefficient (Wildman–Crippen LogP) is 5.95. The first kappa shape index (κ1) is 32.0. The fraction of sp³-hybridized carbons (Fsp3) is 0.545. The molecule has 1 aliphatic rings. The summed E-state index contributed by atoms with van der Waals surface area (Å²) < 4.78 is 5.51. The van der Waals surface area contributed by atoms with E-state index in [9.17, 15) is 19.5 Å². The molecular weight excluding hydrogens is 518 g/mol. The van der Waals surface area contributed by atoms with Crippen molar-refractivity contribution in [1.82, 2.24) is 15.5 Å². The summed E-state index contributed by atoms with van der Waals surface area (Å²) in [6.07, 6.45) is 5.23. The third-order valence-electron chi connectivity index (χ3n) is 7.52. The number of phenolic OH excluding ortho intramolecular Hbond substituents is 1. The van der Waals surface area contributed by atoms with Gasteiger partial charge in [-0.05, 0) is 77.1 Å². The summed E-state index contributed by atoms with van der Waals surface area (Å²) in [5.74, 6) is -0.475. The largest absolute Gasteiger partial charge is 0.508 e. The van der Waals surface area contributed by atoms with Crippen LogP contribution in [0.4, 0.5) is 4.79 Å². The number of nitrogens with one attached hydrogen (secondary N) is 2. The van der Waals surface area contributed by atoms with E-state index in [4.69, 9.17) is 4.74 Å². The van der Waals surface area contributed by atoms with Gasteiger partial charge in [0.2, 0.25) is 11.8 Å². The highest BCUT2D eigenvalue weighted by atomic mass is 16.6. The Bertz CT molecular complexity index is 1170. The monoisotopic (exact) mass is 565 g/mol. The first-order valence-corrected chi connectivity index (χ1v) is 14.8. The van der Waals surface area contributed by atoms with Gasteiger partial charge in [0.15, 0.2) is 0 Å². The molecule has 1 saturated carbocycles. The third-order valence-corrected chi connectivity index (χ3v) is 7.52. The van der Waals surface area contributed by atoms with Gasteiger partial charge < -0.3 is 25.4 Å². The molecule has 3 rings (SSSR count). The van der Waals surface area contributed by atoms with E-state index in [1.54, 1.807) is 49.9 Å². The molecule has 8 nitrogen and oxygen atoms in total. The van der Waals surface area contributed by atoms with Gasteiger partial charge in [0, 0.05) is 18.5 Å². The van der Waals surface area contributed by atoms with Gasteiger partial charge in [0.1, 0.15) is 23.4 Å². The van der Waals surface area contributed by atoms with Gasteiger partial charge in [-0.2, -0.15) is 0 Å². The van der Waals surface area contributed by atoms with Crippen molar-refractivity contribution in [2.24, 2.45) is 0 Å². The molecule has 224 valence electrons. The quantitative estimate of drug-likeness (QED) is 0.330. The molecule has 0 radical (unpaired) electrons. The van der Waals surface area contributed by atoms with Crippen molar-refractivity contribution < 1.29 is 24.2 Å². The van der Waals surface area contributed by atoms with Gasteiger partial charge in [0.05, 0.1) is 0 Å². The second-order valence-corrected chi connectivity index (χ2v) is 12.2. The van der Waals surface area contributed by atoms with E-state index in [-0.39, 0.29) is 36.1 Å². The Morgan fingerprint density at radius 3 is 2.29 bits per heavy atom. The van der Waals surface area contributed by atoms with Crippen LogP contribution in [0.5, 0.6) is 5.75 Å². The van der Waals surface area contributed by atoms with Crippen LogP contribution >= 0.6 is 0 Å². The van der Waals surface area contributed by atoms with Crippen molar-refractivity contribution >= 4 is 17.9 Å². The molecule has 41 heavy (non-hydrogen) atoms. The fourth-order valence-electron chi connectivity index (χ4n) is 5.30. The number of alkyl carbamates (subject to hydrolysis) is 1. The molecule has 3 N–H and O–H groups in total. The predicted molar refractivity (Wildman–Crippen MR) is 161 cm³/mol. The number of benzene rings is 2. The Morgan fingerprint density at radius 1 is 1.05 bits per heavy atom. The molecule has 8 heteroatoms. The summed E-state index contributed by atoms with van der Waals surface area (Å²) >= 11 is 0. The van der Waals surface area contributed by atoms with Crippen LogP contribution in [0, 0.1) is 6.92 Å². The molecule has 1 aliphatic carbocycles. The number of aryl methyl sites for hydroxylation is 1. The minimum absolute atomic E-state index is 0.0742. The van der Waals surface area contributed by atoms with Crippen molar-refractivity contribution in [2.75, 3.05) is 0 Å². The molecule has 0 saturated heterocycles. The van der Waals surface area contributed by atoms with Gasteiger partial charge in [-0.3, -0.25) is 9.59 Å². The van der Waals surface area contributed by atoms with Gasteiger partial charge in [0.25, 0.3) is 0 Å². The first-order chi connectivity index (χ1) is 19.4. The minimum Gasteiger partial charge on any atom is -0.508 e. The standard InChI is InChI=1S/C33H47N3O5/c1-7-23(3)36(29(25-13-11-12-22(2)20-25)30(38)34-26-14-9-8-10-15-26)31(39)28(35-32(40)41-33(4,5)6)21-24-16-18-27(37)19-17-24/h11-13,16-20,23,26,28-29,37H,7-10,14-15,21H2,1-6H3,(H,34,38)(H,35,40). The first-order valence-electron chi connectivity index (χ1n) is 14.8. The molecule has 0 spiro atoms. The minimum atomic E-state index is -1.00. The van der Waals surface area contributed by atoms with E-state index in [2.05, 4.69) is 10.6 Å². The maximum absolute atomic E-state index is 14.5. The van der Waals surface area contributed by atoms with Crippen LogP contribution in [0.1, 0.15) is 95.9 Å². The number of aromatic hydroxyl groups is 1. The summed E-state index contributed by atoms with van der Waals surface area (Å²) in [7, 11) is 0. The smallest absolute Gasteiger partial charge is 0.408 e. The van der Waals surface area contributed by atoms with E-state index >= 15 is 0 Å². The molecule has 3 amide bonds. The molecular formula is C33H47N3O5. The lowest BCUT2D eigenvalue weighted by molar-refractivity contribution is -0.145. The van der Waals surface area contributed by atoms with Crippen LogP contribution in [-0.4, -0.2) is 51.6 Å². The van der Waals surface area contributed by atoms with Crippen molar-refractivity contribution in [3.05, 3.63) is 65.2 Å². The van der Waals surface area contributed by atoms with Crippen LogP contribution in [0.25, 0.3) is 0 Å². The molecule has 0 aliphatic heterocycles. The zero-order valence-corrected chi connectivity index (χ0v) is 25.4. The van der Waals surface area contributed by atoms with Gasteiger partial charge in [-0.15, -0.1) is 0 Å². The average molecular weight is 566 g/mol. The molecule has 0 aromatic heterocycles. The number of amides is 3. The number of carbonyl (C=O) groups excluding carboxylic acids is 3. The number of nitrogens with zero attached hydrogens (tertiary/aromatic N) is 1. The highest BCUT2D eigenvalue weighted by Crippen LogP contribution is 2.29. The van der Waals surface area contributed by atoms with Crippen molar-refractivity contribution in [3.63, 3.8) is 0 Å². The Morgan fingerprint density at radius 2 is 1.71 bits per heavy atom. The number of rotatable bonds is 10. The van der Waals surface area contributed by atoms with Crippen LogP contribution in [0.3, 0.4) is 0 Å². The maximum Gasteiger partial charge on any atom is 0.408 e. The lowest BCUT2D eigenvalue weighted by atomic mass is 9.93. The third kappa shape index (κ3) is 9.51. The summed E-state index contributed by atoms with van der Waals surface area (Å²) in [6, 6.07) is 12.1. The topological polar surface area (TPSA) is 108 Å². The maximum atomic E-state index is 14.5. The summed E-state index contributed by atoms with van der Waals surface area (Å²) in [4.78, 5) is 43.2. The Hall–Kier alpha value is -3.55. The molecule has 3 atom stereocenters. The van der Waals surface area contributed by atoms with E-state index in [0.717, 1.165) is 42.4 Å². The summed E-state index contributed by atoms with van der Waals surface area (Å²) in [5.41, 5.74) is 1.71. The summed E-state index contributed by atoms with van der Waals surface area (Å²) in [6.45, 7) is 11.2. The Kier molecular flexibility index (Phi) is 11.2. The lowest BCUT2D eigenvalue weighted by Crippen LogP contribution is -2.56. The van der Waals surface area contributed by atoms with E-state index in [0.29, 0.717) is 6.42 Å². The molecule has 3 unspecified atom stereocenters. The van der Waals surface area contributed by atoms with Gasteiger partial charge in [-0.1, -0.05) is 68.1 Å². The average Bonchev–Trinajstić information content (AvgIpc) is 2.91. The Labute approximate surface area is 244 Å². The lowest BCUT2D eigenvalue weighted by Gasteiger charge is -2.39. The zero-order chi connectivity index (χ0) is 30.2. The van der Waals surface area contributed by atoms with Crippen molar-refractivity contribution in [3.8, 4) is 5.75 Å². The number of phenols is 1. The van der Waals surface area contributed by atoms with Gasteiger partial charge >= 0.3 is 6.09 Å². The van der Waals surface area contributed by atoms with Crippen LogP contribution in [-0.2, 0) is 20.7 Å². The number of hydrogen-bond donors (Lipinski definition) is 3. The SMILES string of the molecule is CCC(C)N(C(=O)C(Cc1ccc(O)cc1)NC(=O)OC(C)(C)C)C(C(=O)NC1CCCCC1)c1cccc(C)c1. The molecule has 1 fully saturated rings. The highest BCUT2D eigenvalue weighted by Gasteiger charge is 2.39.